The third kappa shape index (κ3) is 3.24. The number of benzene rings is 1. The zero-order chi connectivity index (χ0) is 12.3. The summed E-state index contributed by atoms with van der Waals surface area (Å²) in [5.74, 6) is 0.176. The van der Waals surface area contributed by atoms with E-state index in [1.165, 1.54) is 4.90 Å². The van der Waals surface area contributed by atoms with Gasteiger partial charge in [0.25, 0.3) is 0 Å². The van der Waals surface area contributed by atoms with Crippen LogP contribution >= 0.6 is 11.8 Å². The lowest BCUT2D eigenvalue weighted by Gasteiger charge is -2.27. The van der Waals surface area contributed by atoms with Crippen LogP contribution in [0.1, 0.15) is 26.7 Å². The van der Waals surface area contributed by atoms with E-state index >= 15 is 0 Å². The zero-order valence-electron chi connectivity index (χ0n) is 10.4. The van der Waals surface area contributed by atoms with Crippen LogP contribution in [0.15, 0.2) is 35.2 Å². The van der Waals surface area contributed by atoms with Crippen LogP contribution in [0, 0.1) is 5.92 Å². The van der Waals surface area contributed by atoms with E-state index in [9.17, 15) is 5.11 Å². The molecule has 1 aliphatic heterocycles. The molecule has 94 valence electrons. The molecule has 0 spiro atoms. The molecule has 2 atom stereocenters. The summed E-state index contributed by atoms with van der Waals surface area (Å²) < 4.78 is 5.77. The van der Waals surface area contributed by atoms with Crippen molar-refractivity contribution in [2.24, 2.45) is 5.92 Å². The van der Waals surface area contributed by atoms with Crippen LogP contribution in [-0.4, -0.2) is 22.8 Å². The Hall–Kier alpha value is -0.510. The number of rotatable bonds is 4. The summed E-state index contributed by atoms with van der Waals surface area (Å²) in [6.07, 6.45) is 1.88. The highest BCUT2D eigenvalue weighted by Crippen LogP contribution is 2.36. The van der Waals surface area contributed by atoms with Crippen molar-refractivity contribution in [3.63, 3.8) is 0 Å². The third-order valence-corrected chi connectivity index (χ3v) is 4.42. The second-order valence-corrected chi connectivity index (χ2v) is 6.00. The lowest BCUT2D eigenvalue weighted by molar-refractivity contribution is -0.214. The fraction of sp³-hybridized carbons (Fsp3) is 0.571. The molecule has 0 bridgehead atoms. The van der Waals surface area contributed by atoms with E-state index in [1.807, 2.05) is 32.0 Å². The molecule has 1 N–H and O–H groups in total. The van der Waals surface area contributed by atoms with Gasteiger partial charge in [-0.05, 0) is 18.6 Å². The quantitative estimate of drug-likeness (QED) is 0.834. The van der Waals surface area contributed by atoms with Gasteiger partial charge in [0.2, 0.25) is 0 Å². The van der Waals surface area contributed by atoms with Crippen LogP contribution in [0.25, 0.3) is 0 Å². The molecule has 3 heteroatoms. The van der Waals surface area contributed by atoms with E-state index in [4.69, 9.17) is 4.74 Å². The van der Waals surface area contributed by atoms with Gasteiger partial charge in [-0.2, -0.15) is 0 Å². The summed E-state index contributed by atoms with van der Waals surface area (Å²) in [4.78, 5) is 1.26. The Kier molecular flexibility index (Phi) is 4.13. The number of ether oxygens (including phenoxy) is 1. The van der Waals surface area contributed by atoms with E-state index in [2.05, 4.69) is 12.1 Å². The van der Waals surface area contributed by atoms with Crippen LogP contribution in [0.5, 0.6) is 0 Å². The highest BCUT2D eigenvalue weighted by atomic mass is 32.2. The van der Waals surface area contributed by atoms with Gasteiger partial charge in [-0.15, -0.1) is 11.8 Å². The van der Waals surface area contributed by atoms with Crippen LogP contribution in [-0.2, 0) is 4.74 Å². The van der Waals surface area contributed by atoms with Crippen molar-refractivity contribution in [1.82, 2.24) is 0 Å². The summed E-state index contributed by atoms with van der Waals surface area (Å²) >= 11 is 1.79. The molecular formula is C14H20O2S. The summed E-state index contributed by atoms with van der Waals surface area (Å²) in [6, 6.07) is 10.3. The van der Waals surface area contributed by atoms with Crippen LogP contribution < -0.4 is 0 Å². The predicted octanol–water partition coefficient (Wildman–Crippen LogP) is 3.30. The number of aliphatic hydroxyl groups is 1. The van der Waals surface area contributed by atoms with Crippen molar-refractivity contribution in [1.29, 1.82) is 0 Å². The Bertz CT molecular complexity index is 352. The van der Waals surface area contributed by atoms with Crippen molar-refractivity contribution in [3.8, 4) is 0 Å². The molecule has 1 fully saturated rings. The van der Waals surface area contributed by atoms with Gasteiger partial charge < -0.3 is 9.84 Å². The topological polar surface area (TPSA) is 29.5 Å². The Morgan fingerprint density at radius 2 is 2.12 bits per heavy atom. The fourth-order valence-corrected chi connectivity index (χ4v) is 2.98. The Balaban J connectivity index is 1.83. The zero-order valence-corrected chi connectivity index (χ0v) is 11.2. The van der Waals surface area contributed by atoms with Gasteiger partial charge in [-0.1, -0.05) is 32.0 Å². The molecule has 1 aliphatic rings. The van der Waals surface area contributed by atoms with E-state index in [-0.39, 0.29) is 12.0 Å². The van der Waals surface area contributed by atoms with Gasteiger partial charge in [0.05, 0.1) is 6.10 Å². The lowest BCUT2D eigenvalue weighted by atomic mass is 10.00. The molecule has 1 heterocycles. The van der Waals surface area contributed by atoms with Gasteiger partial charge in [0.1, 0.15) is 0 Å². The maximum Gasteiger partial charge on any atom is 0.168 e. The normalized spacial score (nSPS) is 28.8. The monoisotopic (exact) mass is 252 g/mol. The largest absolute Gasteiger partial charge is 0.365 e. The lowest BCUT2D eigenvalue weighted by Crippen LogP contribution is -2.35. The molecule has 2 nitrogen and oxygen atoms in total. The molecule has 0 radical (unpaired) electrons. The summed E-state index contributed by atoms with van der Waals surface area (Å²) in [5, 5.41) is 10.2. The number of hydrogen-bond acceptors (Lipinski definition) is 3. The van der Waals surface area contributed by atoms with Gasteiger partial charge in [0.15, 0.2) is 5.79 Å². The Morgan fingerprint density at radius 1 is 1.41 bits per heavy atom. The first kappa shape index (κ1) is 12.9. The highest BCUT2D eigenvalue weighted by Gasteiger charge is 2.40. The third-order valence-electron chi connectivity index (χ3n) is 3.28. The molecular weight excluding hydrogens is 232 g/mol. The number of thioether (sulfide) groups is 1. The van der Waals surface area contributed by atoms with Crippen LogP contribution in [0.4, 0.5) is 0 Å². The minimum absolute atomic E-state index is 0.161. The average molecular weight is 252 g/mol. The van der Waals surface area contributed by atoms with Gasteiger partial charge in [-0.25, -0.2) is 0 Å². The molecule has 0 saturated carbocycles. The predicted molar refractivity (Wildman–Crippen MR) is 71.1 cm³/mol. The molecule has 1 aromatic carbocycles. The van der Waals surface area contributed by atoms with E-state index in [0.717, 1.165) is 18.6 Å². The first-order chi connectivity index (χ1) is 8.10. The average Bonchev–Trinajstić information content (AvgIpc) is 2.72. The molecule has 0 amide bonds. The first-order valence-electron chi connectivity index (χ1n) is 6.18. The maximum absolute atomic E-state index is 10.2. The summed E-state index contributed by atoms with van der Waals surface area (Å²) in [6.45, 7) is 4.01. The smallest absolute Gasteiger partial charge is 0.168 e. The SMILES string of the molecule is CC(C)C1(O)CCC(CSc2ccccc2)O1. The fourth-order valence-electron chi connectivity index (χ4n) is 2.02. The van der Waals surface area contributed by atoms with Crippen molar-refractivity contribution in [2.45, 2.75) is 43.5 Å². The van der Waals surface area contributed by atoms with Gasteiger partial charge in [-0.3, -0.25) is 0 Å². The van der Waals surface area contributed by atoms with Crippen LogP contribution in [0.2, 0.25) is 0 Å². The molecule has 1 saturated heterocycles. The minimum Gasteiger partial charge on any atom is -0.365 e. The summed E-state index contributed by atoms with van der Waals surface area (Å²) in [5.41, 5.74) is 0. The van der Waals surface area contributed by atoms with E-state index in [1.54, 1.807) is 11.8 Å². The van der Waals surface area contributed by atoms with Crippen molar-refractivity contribution in [3.05, 3.63) is 30.3 Å². The molecule has 17 heavy (non-hydrogen) atoms. The minimum atomic E-state index is -0.901. The molecule has 2 unspecified atom stereocenters. The molecule has 0 aliphatic carbocycles. The summed E-state index contributed by atoms with van der Waals surface area (Å²) in [7, 11) is 0. The first-order valence-corrected chi connectivity index (χ1v) is 7.17. The van der Waals surface area contributed by atoms with Gasteiger partial charge in [0, 0.05) is 23.0 Å². The molecule has 0 aromatic heterocycles. The standard InChI is InChI=1S/C14H20O2S/c1-11(2)14(15)9-8-12(16-14)10-17-13-6-4-3-5-7-13/h3-7,11-12,15H,8-10H2,1-2H3. The van der Waals surface area contributed by atoms with Crippen molar-refractivity contribution >= 4 is 11.8 Å². The number of hydrogen-bond donors (Lipinski definition) is 1. The maximum atomic E-state index is 10.2. The molecule has 2 rings (SSSR count). The Labute approximate surface area is 107 Å². The highest BCUT2D eigenvalue weighted by molar-refractivity contribution is 7.99. The van der Waals surface area contributed by atoms with E-state index in [0.29, 0.717) is 0 Å². The van der Waals surface area contributed by atoms with E-state index < -0.39 is 5.79 Å². The van der Waals surface area contributed by atoms with Crippen LogP contribution in [0.3, 0.4) is 0 Å². The van der Waals surface area contributed by atoms with Crippen molar-refractivity contribution in [2.75, 3.05) is 5.75 Å². The molecule has 1 aromatic rings. The Morgan fingerprint density at radius 3 is 2.71 bits per heavy atom. The second-order valence-electron chi connectivity index (χ2n) is 4.90. The van der Waals surface area contributed by atoms with Gasteiger partial charge >= 0.3 is 0 Å². The second kappa shape index (κ2) is 5.42. The van der Waals surface area contributed by atoms with Crippen molar-refractivity contribution < 1.29 is 9.84 Å².